The number of benzene rings is 3. The molecule has 0 amide bonds. The molecule has 0 saturated carbocycles. The maximum atomic E-state index is 12.7. The summed E-state index contributed by atoms with van der Waals surface area (Å²) in [6, 6.07) is 14.4. The van der Waals surface area contributed by atoms with Crippen LogP contribution in [0.4, 0.5) is 0 Å². The minimum atomic E-state index is -3.90. The van der Waals surface area contributed by atoms with E-state index in [-0.39, 0.29) is 4.90 Å². The van der Waals surface area contributed by atoms with Gasteiger partial charge in [-0.05, 0) is 71.4 Å². The molecule has 0 unspecified atom stereocenters. The standard InChI is InChI=1S/C19H17BrO3S/c1-12-4-8-15(9-5-12)24(21,22)23-19-17(20)11-10-16-13(2)6-7-14(3)18(16)19/h4-11H,1-3H3. The molecule has 3 aromatic rings. The minimum absolute atomic E-state index is 0.141. The number of rotatable bonds is 3. The second-order valence-corrected chi connectivity index (χ2v) is 8.25. The molecule has 0 heterocycles. The van der Waals surface area contributed by atoms with Crippen molar-refractivity contribution < 1.29 is 12.6 Å². The molecule has 0 radical (unpaired) electrons. The number of hydrogen-bond donors (Lipinski definition) is 0. The quantitative estimate of drug-likeness (QED) is 0.556. The van der Waals surface area contributed by atoms with Gasteiger partial charge in [-0.2, -0.15) is 8.42 Å². The van der Waals surface area contributed by atoms with Crippen LogP contribution in [-0.2, 0) is 10.1 Å². The van der Waals surface area contributed by atoms with Gasteiger partial charge in [0.15, 0.2) is 5.75 Å². The van der Waals surface area contributed by atoms with Crippen molar-refractivity contribution in [3.63, 3.8) is 0 Å². The summed E-state index contributed by atoms with van der Waals surface area (Å²) in [6.07, 6.45) is 0. The number of aryl methyl sites for hydroxylation is 3. The fourth-order valence-corrected chi connectivity index (χ4v) is 4.12. The van der Waals surface area contributed by atoms with E-state index in [2.05, 4.69) is 15.9 Å². The second kappa shape index (κ2) is 6.22. The lowest BCUT2D eigenvalue weighted by Crippen LogP contribution is -2.10. The van der Waals surface area contributed by atoms with Crippen molar-refractivity contribution in [2.75, 3.05) is 0 Å². The van der Waals surface area contributed by atoms with Gasteiger partial charge in [0.25, 0.3) is 0 Å². The summed E-state index contributed by atoms with van der Waals surface area (Å²) in [7, 11) is -3.90. The smallest absolute Gasteiger partial charge is 0.339 e. The van der Waals surface area contributed by atoms with Crippen molar-refractivity contribution in [1.82, 2.24) is 0 Å². The van der Waals surface area contributed by atoms with Crippen LogP contribution < -0.4 is 4.18 Å². The normalized spacial score (nSPS) is 11.7. The Labute approximate surface area is 150 Å². The SMILES string of the molecule is Cc1ccc(S(=O)(=O)Oc2c(Br)ccc3c(C)ccc(C)c23)cc1. The number of hydrogen-bond acceptors (Lipinski definition) is 3. The third-order valence-electron chi connectivity index (χ3n) is 4.01. The van der Waals surface area contributed by atoms with E-state index < -0.39 is 10.1 Å². The van der Waals surface area contributed by atoms with Crippen LogP contribution in [0.2, 0.25) is 0 Å². The van der Waals surface area contributed by atoms with Gasteiger partial charge in [0.2, 0.25) is 0 Å². The van der Waals surface area contributed by atoms with Gasteiger partial charge in [0.05, 0.1) is 4.47 Å². The maximum absolute atomic E-state index is 12.7. The van der Waals surface area contributed by atoms with E-state index >= 15 is 0 Å². The highest BCUT2D eigenvalue weighted by molar-refractivity contribution is 9.10. The van der Waals surface area contributed by atoms with Gasteiger partial charge in [0, 0.05) is 5.39 Å². The highest BCUT2D eigenvalue weighted by atomic mass is 79.9. The zero-order chi connectivity index (χ0) is 17.5. The number of halogens is 1. The van der Waals surface area contributed by atoms with Gasteiger partial charge >= 0.3 is 10.1 Å². The average Bonchev–Trinajstić information content (AvgIpc) is 2.53. The Morgan fingerprint density at radius 2 is 1.46 bits per heavy atom. The van der Waals surface area contributed by atoms with E-state index in [1.165, 1.54) is 0 Å². The summed E-state index contributed by atoms with van der Waals surface area (Å²) in [6.45, 7) is 5.85. The second-order valence-electron chi connectivity index (χ2n) is 5.85. The topological polar surface area (TPSA) is 43.4 Å². The zero-order valence-electron chi connectivity index (χ0n) is 13.6. The van der Waals surface area contributed by atoms with Gasteiger partial charge < -0.3 is 4.18 Å². The Balaban J connectivity index is 2.18. The third kappa shape index (κ3) is 3.06. The molecule has 0 aliphatic rings. The van der Waals surface area contributed by atoms with E-state index in [9.17, 15) is 8.42 Å². The molecule has 0 saturated heterocycles. The molecule has 0 fully saturated rings. The molecule has 0 spiro atoms. The van der Waals surface area contributed by atoms with Crippen LogP contribution in [0, 0.1) is 20.8 Å². The van der Waals surface area contributed by atoms with Crippen LogP contribution in [0.1, 0.15) is 16.7 Å². The van der Waals surface area contributed by atoms with E-state index in [1.807, 2.05) is 45.0 Å². The zero-order valence-corrected chi connectivity index (χ0v) is 16.0. The molecule has 3 aromatic carbocycles. The van der Waals surface area contributed by atoms with Crippen LogP contribution >= 0.6 is 15.9 Å². The predicted octanol–water partition coefficient (Wildman–Crippen LogP) is 5.30. The Kier molecular flexibility index (Phi) is 4.40. The summed E-state index contributed by atoms with van der Waals surface area (Å²) in [5.74, 6) is 0.328. The summed E-state index contributed by atoms with van der Waals surface area (Å²) in [5, 5.41) is 1.78. The van der Waals surface area contributed by atoms with Gasteiger partial charge in [-0.3, -0.25) is 0 Å². The van der Waals surface area contributed by atoms with Crippen molar-refractivity contribution in [3.05, 3.63) is 69.7 Å². The molecule has 0 N–H and O–H groups in total. The van der Waals surface area contributed by atoms with E-state index in [0.717, 1.165) is 27.5 Å². The van der Waals surface area contributed by atoms with E-state index in [1.54, 1.807) is 24.3 Å². The fraction of sp³-hybridized carbons (Fsp3) is 0.158. The summed E-state index contributed by atoms with van der Waals surface area (Å²) in [5.41, 5.74) is 3.03. The van der Waals surface area contributed by atoms with Crippen LogP contribution in [0.15, 0.2) is 57.9 Å². The Hall–Kier alpha value is -1.85. The van der Waals surface area contributed by atoms with Gasteiger partial charge in [-0.1, -0.05) is 35.9 Å². The van der Waals surface area contributed by atoms with Crippen molar-refractivity contribution >= 4 is 36.8 Å². The molecule has 3 rings (SSSR count). The van der Waals surface area contributed by atoms with Crippen molar-refractivity contribution in [1.29, 1.82) is 0 Å². The Morgan fingerprint density at radius 1 is 0.833 bits per heavy atom. The number of fused-ring (bicyclic) bond motifs is 1. The highest BCUT2D eigenvalue weighted by Gasteiger charge is 2.21. The monoisotopic (exact) mass is 404 g/mol. The molecule has 24 heavy (non-hydrogen) atoms. The molecule has 5 heteroatoms. The molecule has 0 bridgehead atoms. The van der Waals surface area contributed by atoms with Gasteiger partial charge in [0.1, 0.15) is 4.90 Å². The first-order valence-electron chi connectivity index (χ1n) is 7.49. The Bertz CT molecular complexity index is 1020. The largest absolute Gasteiger partial charge is 0.377 e. The molecule has 0 atom stereocenters. The lowest BCUT2D eigenvalue weighted by Gasteiger charge is -2.14. The predicted molar refractivity (Wildman–Crippen MR) is 100 cm³/mol. The van der Waals surface area contributed by atoms with Crippen LogP contribution in [0.25, 0.3) is 10.8 Å². The fourth-order valence-electron chi connectivity index (χ4n) is 2.64. The molecule has 3 nitrogen and oxygen atoms in total. The van der Waals surface area contributed by atoms with Crippen LogP contribution in [-0.4, -0.2) is 8.42 Å². The summed E-state index contributed by atoms with van der Waals surface area (Å²) >= 11 is 3.42. The molecular weight excluding hydrogens is 388 g/mol. The van der Waals surface area contributed by atoms with Crippen molar-refractivity contribution in [3.8, 4) is 5.75 Å². The highest BCUT2D eigenvalue weighted by Crippen LogP contribution is 2.38. The van der Waals surface area contributed by atoms with Gasteiger partial charge in [-0.25, -0.2) is 0 Å². The van der Waals surface area contributed by atoms with Crippen molar-refractivity contribution in [2.24, 2.45) is 0 Å². The third-order valence-corrected chi connectivity index (χ3v) is 5.87. The van der Waals surface area contributed by atoms with Gasteiger partial charge in [-0.15, -0.1) is 0 Å². The summed E-state index contributed by atoms with van der Waals surface area (Å²) in [4.78, 5) is 0.141. The first kappa shape index (κ1) is 17.0. The summed E-state index contributed by atoms with van der Waals surface area (Å²) < 4.78 is 31.5. The maximum Gasteiger partial charge on any atom is 0.339 e. The minimum Gasteiger partial charge on any atom is -0.377 e. The first-order valence-corrected chi connectivity index (χ1v) is 9.69. The van der Waals surface area contributed by atoms with E-state index in [0.29, 0.717) is 10.2 Å². The molecular formula is C19H17BrO3S. The average molecular weight is 405 g/mol. The molecule has 124 valence electrons. The first-order chi connectivity index (χ1) is 11.3. The molecule has 0 aliphatic heterocycles. The lowest BCUT2D eigenvalue weighted by atomic mass is 10.0. The van der Waals surface area contributed by atoms with E-state index in [4.69, 9.17) is 4.18 Å². The molecule has 0 aliphatic carbocycles. The Morgan fingerprint density at radius 3 is 2.12 bits per heavy atom. The van der Waals surface area contributed by atoms with Crippen LogP contribution in [0.5, 0.6) is 5.75 Å². The molecule has 0 aromatic heterocycles. The lowest BCUT2D eigenvalue weighted by molar-refractivity contribution is 0.487. The van der Waals surface area contributed by atoms with Crippen molar-refractivity contribution in [2.45, 2.75) is 25.7 Å². The van der Waals surface area contributed by atoms with Crippen LogP contribution in [0.3, 0.4) is 0 Å².